The Morgan fingerprint density at radius 2 is 1.48 bits per heavy atom. The van der Waals surface area contributed by atoms with E-state index in [2.05, 4.69) is 33.8 Å². The van der Waals surface area contributed by atoms with Gasteiger partial charge in [-0.3, -0.25) is 0 Å². The molecule has 2 aliphatic rings. The van der Waals surface area contributed by atoms with Crippen molar-refractivity contribution in [3.05, 3.63) is 42.6 Å². The summed E-state index contributed by atoms with van der Waals surface area (Å²) in [5, 5.41) is 0. The molecule has 2 fully saturated rings. The van der Waals surface area contributed by atoms with Crippen LogP contribution >= 0.6 is 0 Å². The average Bonchev–Trinajstić information content (AvgIpc) is 2.80. The minimum atomic E-state index is -3.38. The van der Waals surface area contributed by atoms with Crippen molar-refractivity contribution in [2.45, 2.75) is 31.1 Å². The Bertz CT molecular complexity index is 899. The van der Waals surface area contributed by atoms with Crippen LogP contribution in [-0.2, 0) is 10.0 Å². The maximum Gasteiger partial charge on any atom is 0.243 e. The molecule has 0 aliphatic carbocycles. The molecule has 3 heterocycles. The molecule has 2 aromatic rings. The summed E-state index contributed by atoms with van der Waals surface area (Å²) in [6.45, 7) is 8.71. The van der Waals surface area contributed by atoms with Crippen LogP contribution in [0.25, 0.3) is 11.1 Å². The topological polar surface area (TPSA) is 56.8 Å². The molecule has 1 aromatic carbocycles. The number of hydrogen-bond acceptors (Lipinski definition) is 5. The van der Waals surface area contributed by atoms with Gasteiger partial charge in [-0.1, -0.05) is 25.5 Å². The van der Waals surface area contributed by atoms with E-state index < -0.39 is 10.0 Å². The van der Waals surface area contributed by atoms with Crippen LogP contribution in [-0.4, -0.2) is 68.4 Å². The number of aromatic nitrogens is 1. The normalized spacial score (nSPS) is 19.4. The number of hydrogen-bond donors (Lipinski definition) is 0. The summed E-state index contributed by atoms with van der Waals surface area (Å²) in [6, 6.07) is 11.3. The molecule has 0 spiro atoms. The molecule has 2 saturated heterocycles. The predicted molar refractivity (Wildman–Crippen MR) is 117 cm³/mol. The number of piperidine rings is 1. The third kappa shape index (κ3) is 4.47. The van der Waals surface area contributed by atoms with Gasteiger partial charge in [0.1, 0.15) is 5.82 Å². The molecule has 6 nitrogen and oxygen atoms in total. The second-order valence-electron chi connectivity index (χ2n) is 7.82. The van der Waals surface area contributed by atoms with Gasteiger partial charge < -0.3 is 9.80 Å². The monoisotopic (exact) mass is 414 g/mol. The molecule has 0 amide bonds. The first-order valence-corrected chi connectivity index (χ1v) is 12.1. The standard InChI is InChI=1S/C22H30N4O2S/c1-2-24-14-16-25(17-15-24)22-11-8-20(18-23-22)19-6-9-21(10-7-19)29(27,28)26-12-4-3-5-13-26/h6-11,18H,2-5,12-17H2,1H3. The molecule has 0 radical (unpaired) electrons. The minimum Gasteiger partial charge on any atom is -0.354 e. The summed E-state index contributed by atoms with van der Waals surface area (Å²) in [5.41, 5.74) is 1.99. The first kappa shape index (κ1) is 20.3. The van der Waals surface area contributed by atoms with Gasteiger partial charge in [0.05, 0.1) is 4.90 Å². The van der Waals surface area contributed by atoms with Gasteiger partial charge in [-0.05, 0) is 49.2 Å². The van der Waals surface area contributed by atoms with Crippen LogP contribution in [0.15, 0.2) is 47.5 Å². The number of rotatable bonds is 5. The molecule has 1 aromatic heterocycles. The highest BCUT2D eigenvalue weighted by atomic mass is 32.2. The van der Waals surface area contributed by atoms with Crippen molar-refractivity contribution < 1.29 is 8.42 Å². The quantitative estimate of drug-likeness (QED) is 0.753. The van der Waals surface area contributed by atoms with E-state index in [0.717, 1.165) is 68.9 Å². The summed E-state index contributed by atoms with van der Waals surface area (Å²) in [7, 11) is -3.38. The summed E-state index contributed by atoms with van der Waals surface area (Å²) in [5.74, 6) is 1.01. The van der Waals surface area contributed by atoms with E-state index in [-0.39, 0.29) is 0 Å². The zero-order chi connectivity index (χ0) is 20.3. The number of pyridine rings is 1. The lowest BCUT2D eigenvalue weighted by Gasteiger charge is -2.34. The highest BCUT2D eigenvalue weighted by Crippen LogP contribution is 2.25. The van der Waals surface area contributed by atoms with Crippen LogP contribution in [0.4, 0.5) is 5.82 Å². The molecule has 0 N–H and O–H groups in total. The molecule has 0 unspecified atom stereocenters. The van der Waals surface area contributed by atoms with Gasteiger partial charge in [-0.15, -0.1) is 0 Å². The van der Waals surface area contributed by atoms with Crippen molar-refractivity contribution >= 4 is 15.8 Å². The van der Waals surface area contributed by atoms with Gasteiger partial charge in [-0.25, -0.2) is 13.4 Å². The van der Waals surface area contributed by atoms with Gasteiger partial charge in [0.25, 0.3) is 0 Å². The molecule has 4 rings (SSSR count). The number of benzene rings is 1. The molecule has 156 valence electrons. The first-order chi connectivity index (χ1) is 14.1. The van der Waals surface area contributed by atoms with E-state index in [1.807, 2.05) is 18.3 Å². The maximum absolute atomic E-state index is 12.8. The maximum atomic E-state index is 12.8. The van der Waals surface area contributed by atoms with Crippen molar-refractivity contribution in [3.8, 4) is 11.1 Å². The summed E-state index contributed by atoms with van der Waals surface area (Å²) in [4.78, 5) is 9.80. The van der Waals surface area contributed by atoms with Crippen molar-refractivity contribution in [3.63, 3.8) is 0 Å². The van der Waals surface area contributed by atoms with Gasteiger partial charge >= 0.3 is 0 Å². The average molecular weight is 415 g/mol. The molecular formula is C22H30N4O2S. The lowest BCUT2D eigenvalue weighted by molar-refractivity contribution is 0.270. The fourth-order valence-corrected chi connectivity index (χ4v) is 5.63. The highest BCUT2D eigenvalue weighted by Gasteiger charge is 2.25. The molecule has 2 aliphatic heterocycles. The van der Waals surface area contributed by atoms with E-state index in [1.165, 1.54) is 0 Å². The summed E-state index contributed by atoms with van der Waals surface area (Å²) in [6.07, 6.45) is 4.89. The van der Waals surface area contributed by atoms with Crippen LogP contribution in [0, 0.1) is 0 Å². The third-order valence-electron chi connectivity index (χ3n) is 6.03. The van der Waals surface area contributed by atoms with E-state index >= 15 is 0 Å². The third-order valence-corrected chi connectivity index (χ3v) is 7.94. The van der Waals surface area contributed by atoms with Gasteiger partial charge in [0, 0.05) is 51.0 Å². The molecule has 0 saturated carbocycles. The fourth-order valence-electron chi connectivity index (χ4n) is 4.11. The number of anilines is 1. The van der Waals surface area contributed by atoms with Crippen LogP contribution in [0.5, 0.6) is 0 Å². The molecule has 0 atom stereocenters. The summed E-state index contributed by atoms with van der Waals surface area (Å²) < 4.78 is 27.2. The first-order valence-electron chi connectivity index (χ1n) is 10.6. The SMILES string of the molecule is CCN1CCN(c2ccc(-c3ccc(S(=O)(=O)N4CCCCC4)cc3)cn2)CC1. The molecule has 0 bridgehead atoms. The minimum absolute atomic E-state index is 0.376. The lowest BCUT2D eigenvalue weighted by Crippen LogP contribution is -2.46. The van der Waals surface area contributed by atoms with Crippen LogP contribution in [0.3, 0.4) is 0 Å². The van der Waals surface area contributed by atoms with Crippen molar-refractivity contribution in [2.75, 3.05) is 50.7 Å². The van der Waals surface area contributed by atoms with E-state index in [9.17, 15) is 8.42 Å². The number of nitrogens with zero attached hydrogens (tertiary/aromatic N) is 4. The smallest absolute Gasteiger partial charge is 0.243 e. The van der Waals surface area contributed by atoms with Crippen molar-refractivity contribution in [1.82, 2.24) is 14.2 Å². The zero-order valence-electron chi connectivity index (χ0n) is 17.1. The molecular weight excluding hydrogens is 384 g/mol. The van der Waals surface area contributed by atoms with Crippen LogP contribution < -0.4 is 4.90 Å². The number of likely N-dealkylation sites (N-methyl/N-ethyl adjacent to an activating group) is 1. The van der Waals surface area contributed by atoms with Crippen LogP contribution in [0.1, 0.15) is 26.2 Å². The van der Waals surface area contributed by atoms with Gasteiger partial charge in [0.15, 0.2) is 0 Å². The highest BCUT2D eigenvalue weighted by molar-refractivity contribution is 7.89. The van der Waals surface area contributed by atoms with Gasteiger partial charge in [-0.2, -0.15) is 4.31 Å². The molecule has 7 heteroatoms. The van der Waals surface area contributed by atoms with Crippen LogP contribution in [0.2, 0.25) is 0 Å². The van der Waals surface area contributed by atoms with E-state index in [1.54, 1.807) is 16.4 Å². The Morgan fingerprint density at radius 3 is 2.07 bits per heavy atom. The lowest BCUT2D eigenvalue weighted by atomic mass is 10.1. The Hall–Kier alpha value is -1.96. The Balaban J connectivity index is 1.45. The fraction of sp³-hybridized carbons (Fsp3) is 0.500. The number of piperazine rings is 1. The van der Waals surface area contributed by atoms with Gasteiger partial charge in [0.2, 0.25) is 10.0 Å². The second kappa shape index (κ2) is 8.81. The van der Waals surface area contributed by atoms with Crippen molar-refractivity contribution in [2.24, 2.45) is 0 Å². The van der Waals surface area contributed by atoms with Crippen molar-refractivity contribution in [1.29, 1.82) is 0 Å². The van der Waals surface area contributed by atoms with E-state index in [0.29, 0.717) is 18.0 Å². The van der Waals surface area contributed by atoms with E-state index in [4.69, 9.17) is 0 Å². The predicted octanol–water partition coefficient (Wildman–Crippen LogP) is 3.07. The Labute approximate surface area is 174 Å². The summed E-state index contributed by atoms with van der Waals surface area (Å²) >= 11 is 0. The zero-order valence-corrected chi connectivity index (χ0v) is 17.9. The number of sulfonamides is 1. The Morgan fingerprint density at radius 1 is 0.828 bits per heavy atom. The molecule has 29 heavy (non-hydrogen) atoms. The Kier molecular flexibility index (Phi) is 6.18. The second-order valence-corrected chi connectivity index (χ2v) is 9.75. The largest absolute Gasteiger partial charge is 0.354 e.